The topological polar surface area (TPSA) is 62.5 Å². The average molecular weight is 380 g/mol. The number of hydrogen-bond acceptors (Lipinski definition) is 2. The second-order valence-electron chi connectivity index (χ2n) is 6.08. The summed E-state index contributed by atoms with van der Waals surface area (Å²) in [5.41, 5.74) is 2.73. The van der Waals surface area contributed by atoms with Crippen molar-refractivity contribution in [2.45, 2.75) is 26.3 Å². The van der Waals surface area contributed by atoms with Gasteiger partial charge in [0, 0.05) is 23.2 Å². The smallest absolute Gasteiger partial charge is 0.307 e. The number of aromatic hydroxyl groups is 1. The number of halogens is 3. The van der Waals surface area contributed by atoms with Gasteiger partial charge in [0.25, 0.3) is 6.43 Å². The molecule has 0 saturated heterocycles. The lowest BCUT2D eigenvalue weighted by atomic mass is 10.1. The number of carboxylic acid groups (broad SMARTS) is 1. The lowest BCUT2D eigenvalue weighted by Crippen LogP contribution is -2.05. The van der Waals surface area contributed by atoms with Gasteiger partial charge in [-0.2, -0.15) is 0 Å². The standard InChI is InChI=1S/C19H16ClF2NO3/c1-10-13(7-18(25)26)14-6-17(24)15(20)8-16(14)23(10)9-11-2-4-12(5-3-11)19(21)22/h2-6,8,19,24H,7,9H2,1H3,(H,25,26). The Morgan fingerprint density at radius 2 is 1.88 bits per heavy atom. The quantitative estimate of drug-likeness (QED) is 0.661. The minimum atomic E-state index is -2.53. The van der Waals surface area contributed by atoms with Crippen LogP contribution in [0.2, 0.25) is 5.02 Å². The van der Waals surface area contributed by atoms with Gasteiger partial charge in [-0.25, -0.2) is 8.78 Å². The summed E-state index contributed by atoms with van der Waals surface area (Å²) in [5, 5.41) is 19.8. The molecule has 0 atom stereocenters. The van der Waals surface area contributed by atoms with Gasteiger partial charge in [-0.1, -0.05) is 35.9 Å². The molecule has 3 aromatic rings. The van der Waals surface area contributed by atoms with Crippen LogP contribution in [0.4, 0.5) is 8.78 Å². The molecule has 0 amide bonds. The molecule has 2 aromatic carbocycles. The lowest BCUT2D eigenvalue weighted by Gasteiger charge is -2.10. The van der Waals surface area contributed by atoms with Gasteiger partial charge < -0.3 is 14.8 Å². The number of phenols is 1. The highest BCUT2D eigenvalue weighted by atomic mass is 35.5. The molecule has 26 heavy (non-hydrogen) atoms. The van der Waals surface area contributed by atoms with Crippen LogP contribution < -0.4 is 0 Å². The van der Waals surface area contributed by atoms with Gasteiger partial charge in [0.2, 0.25) is 0 Å². The van der Waals surface area contributed by atoms with E-state index in [4.69, 9.17) is 11.6 Å². The van der Waals surface area contributed by atoms with E-state index in [2.05, 4.69) is 0 Å². The maximum Gasteiger partial charge on any atom is 0.307 e. The van der Waals surface area contributed by atoms with Gasteiger partial charge in [-0.3, -0.25) is 4.79 Å². The first kappa shape index (κ1) is 18.2. The van der Waals surface area contributed by atoms with Crippen molar-refractivity contribution in [3.05, 3.63) is 63.8 Å². The molecule has 1 aromatic heterocycles. The molecule has 3 rings (SSSR count). The molecular weight excluding hydrogens is 364 g/mol. The van der Waals surface area contributed by atoms with Crippen molar-refractivity contribution >= 4 is 28.5 Å². The Bertz CT molecular complexity index is 981. The molecule has 0 aliphatic heterocycles. The third-order valence-electron chi connectivity index (χ3n) is 4.42. The number of aromatic nitrogens is 1. The summed E-state index contributed by atoms with van der Waals surface area (Å²) in [4.78, 5) is 11.2. The molecule has 7 heteroatoms. The molecule has 2 N–H and O–H groups in total. The Kier molecular flexibility index (Phi) is 4.87. The number of alkyl halides is 2. The summed E-state index contributed by atoms with van der Waals surface area (Å²) in [6, 6.07) is 9.02. The second-order valence-corrected chi connectivity index (χ2v) is 6.49. The first-order chi connectivity index (χ1) is 12.3. The van der Waals surface area contributed by atoms with Crippen LogP contribution in [-0.2, 0) is 17.8 Å². The number of benzene rings is 2. The number of carbonyl (C=O) groups is 1. The van der Waals surface area contributed by atoms with E-state index in [1.807, 2.05) is 4.57 Å². The average Bonchev–Trinajstić information content (AvgIpc) is 2.81. The van der Waals surface area contributed by atoms with Gasteiger partial charge in [0.1, 0.15) is 5.75 Å². The van der Waals surface area contributed by atoms with E-state index in [1.165, 1.54) is 18.2 Å². The number of phenolic OH excluding ortho intramolecular Hbond substituents is 1. The Labute approximate surface area is 153 Å². The minimum absolute atomic E-state index is 0.0534. The Morgan fingerprint density at radius 1 is 1.23 bits per heavy atom. The van der Waals surface area contributed by atoms with E-state index >= 15 is 0 Å². The molecule has 0 spiro atoms. The van der Waals surface area contributed by atoms with Crippen LogP contribution in [0.5, 0.6) is 5.75 Å². The summed E-state index contributed by atoms with van der Waals surface area (Å²) in [6.07, 6.45) is -2.72. The van der Waals surface area contributed by atoms with Crippen LogP contribution in [0.1, 0.15) is 28.8 Å². The maximum atomic E-state index is 12.7. The summed E-state index contributed by atoms with van der Waals surface area (Å²) in [7, 11) is 0. The number of fused-ring (bicyclic) bond motifs is 1. The molecule has 4 nitrogen and oxygen atoms in total. The summed E-state index contributed by atoms with van der Waals surface area (Å²) in [5.74, 6) is -1.10. The van der Waals surface area contributed by atoms with Crippen LogP contribution >= 0.6 is 11.6 Å². The van der Waals surface area contributed by atoms with Crippen molar-refractivity contribution in [1.82, 2.24) is 4.57 Å². The Balaban J connectivity index is 2.11. The first-order valence-electron chi connectivity index (χ1n) is 7.87. The Hall–Kier alpha value is -2.60. The van der Waals surface area contributed by atoms with Crippen molar-refractivity contribution in [2.24, 2.45) is 0 Å². The molecule has 0 bridgehead atoms. The molecule has 136 valence electrons. The number of hydrogen-bond donors (Lipinski definition) is 2. The van der Waals surface area contributed by atoms with Crippen LogP contribution in [0.25, 0.3) is 10.9 Å². The normalized spacial score (nSPS) is 11.4. The van der Waals surface area contributed by atoms with E-state index in [1.54, 1.807) is 25.1 Å². The largest absolute Gasteiger partial charge is 0.506 e. The zero-order chi connectivity index (χ0) is 19.0. The van der Waals surface area contributed by atoms with Crippen LogP contribution in [0, 0.1) is 6.92 Å². The van der Waals surface area contributed by atoms with Gasteiger partial charge in [0.15, 0.2) is 0 Å². The lowest BCUT2D eigenvalue weighted by molar-refractivity contribution is -0.136. The number of nitrogens with zero attached hydrogens (tertiary/aromatic N) is 1. The number of aliphatic carboxylic acids is 1. The van der Waals surface area contributed by atoms with Crippen LogP contribution in [0.3, 0.4) is 0 Å². The van der Waals surface area contributed by atoms with Crippen molar-refractivity contribution < 1.29 is 23.8 Å². The highest BCUT2D eigenvalue weighted by molar-refractivity contribution is 6.32. The molecule has 0 aliphatic carbocycles. The fourth-order valence-corrected chi connectivity index (χ4v) is 3.24. The third kappa shape index (κ3) is 3.37. The fraction of sp³-hybridized carbons (Fsp3) is 0.211. The second kappa shape index (κ2) is 6.96. The minimum Gasteiger partial charge on any atom is -0.506 e. The zero-order valence-corrected chi connectivity index (χ0v) is 14.6. The maximum absolute atomic E-state index is 12.7. The highest BCUT2D eigenvalue weighted by Gasteiger charge is 2.18. The van der Waals surface area contributed by atoms with Crippen molar-refractivity contribution in [3.63, 3.8) is 0 Å². The highest BCUT2D eigenvalue weighted by Crippen LogP contribution is 2.35. The predicted octanol–water partition coefficient (Wildman–Crippen LogP) is 4.92. The zero-order valence-electron chi connectivity index (χ0n) is 13.8. The van der Waals surface area contributed by atoms with Gasteiger partial charge in [-0.15, -0.1) is 0 Å². The Morgan fingerprint density at radius 3 is 2.46 bits per heavy atom. The van der Waals surface area contributed by atoms with Crippen molar-refractivity contribution in [3.8, 4) is 5.75 Å². The fourth-order valence-electron chi connectivity index (χ4n) is 3.08. The van der Waals surface area contributed by atoms with E-state index in [0.717, 1.165) is 11.3 Å². The molecule has 1 heterocycles. The van der Waals surface area contributed by atoms with E-state index in [-0.39, 0.29) is 22.8 Å². The third-order valence-corrected chi connectivity index (χ3v) is 4.73. The van der Waals surface area contributed by atoms with Crippen LogP contribution in [0.15, 0.2) is 36.4 Å². The monoisotopic (exact) mass is 379 g/mol. The predicted molar refractivity (Wildman–Crippen MR) is 95.2 cm³/mol. The molecule has 0 saturated carbocycles. The van der Waals surface area contributed by atoms with Gasteiger partial charge in [-0.05, 0) is 30.2 Å². The SMILES string of the molecule is Cc1c(CC(=O)O)c2cc(O)c(Cl)cc2n1Cc1ccc(C(F)F)cc1. The summed E-state index contributed by atoms with van der Waals surface area (Å²) >= 11 is 6.02. The molecular formula is C19H16ClF2NO3. The van der Waals surface area contributed by atoms with Gasteiger partial charge in [0.05, 0.1) is 17.0 Å². The number of carboxylic acids is 1. The first-order valence-corrected chi connectivity index (χ1v) is 8.24. The van der Waals surface area contributed by atoms with E-state index in [9.17, 15) is 23.8 Å². The summed E-state index contributed by atoms with van der Waals surface area (Å²) in [6.45, 7) is 2.16. The van der Waals surface area contributed by atoms with Crippen molar-refractivity contribution in [2.75, 3.05) is 0 Å². The van der Waals surface area contributed by atoms with Crippen LogP contribution in [-0.4, -0.2) is 20.7 Å². The number of rotatable bonds is 5. The van der Waals surface area contributed by atoms with E-state index < -0.39 is 12.4 Å². The molecule has 0 fully saturated rings. The molecule has 0 unspecified atom stereocenters. The molecule has 0 radical (unpaired) electrons. The van der Waals surface area contributed by atoms with Gasteiger partial charge >= 0.3 is 5.97 Å². The summed E-state index contributed by atoms with van der Waals surface area (Å²) < 4.78 is 27.3. The molecule has 0 aliphatic rings. The van der Waals surface area contributed by atoms with E-state index in [0.29, 0.717) is 23.0 Å². The van der Waals surface area contributed by atoms with Crippen molar-refractivity contribution in [1.29, 1.82) is 0 Å².